The molecule has 1 aromatic carbocycles. The SMILES string of the molecule is CCOC(=O)CNC(=O)N1CCN(c2cc(Oc3ccc(F)c(F)c3)ncn2)CC1C. The Balaban J connectivity index is 1.59. The van der Waals surface area contributed by atoms with Gasteiger partial charge in [-0.2, -0.15) is 0 Å². The highest BCUT2D eigenvalue weighted by Gasteiger charge is 2.28. The molecule has 0 saturated carbocycles. The number of piperazine rings is 1. The summed E-state index contributed by atoms with van der Waals surface area (Å²) in [6, 6.07) is 4.31. The minimum absolute atomic E-state index is 0.111. The van der Waals surface area contributed by atoms with Gasteiger partial charge in [-0.05, 0) is 26.0 Å². The molecule has 1 aromatic heterocycles. The van der Waals surface area contributed by atoms with Crippen LogP contribution in [-0.2, 0) is 9.53 Å². The molecular formula is C20H23F2N5O4. The van der Waals surface area contributed by atoms with Crippen LogP contribution in [0.1, 0.15) is 13.8 Å². The molecular weight excluding hydrogens is 412 g/mol. The fourth-order valence-corrected chi connectivity index (χ4v) is 3.15. The zero-order chi connectivity index (χ0) is 22.4. The third kappa shape index (κ3) is 5.77. The van der Waals surface area contributed by atoms with Gasteiger partial charge in [-0.15, -0.1) is 0 Å². The Kier molecular flexibility index (Phi) is 7.16. The number of carbonyl (C=O) groups is 2. The van der Waals surface area contributed by atoms with E-state index >= 15 is 0 Å². The van der Waals surface area contributed by atoms with Gasteiger partial charge >= 0.3 is 12.0 Å². The zero-order valence-corrected chi connectivity index (χ0v) is 17.2. The van der Waals surface area contributed by atoms with Crippen LogP contribution >= 0.6 is 0 Å². The van der Waals surface area contributed by atoms with E-state index in [1.54, 1.807) is 17.9 Å². The number of aromatic nitrogens is 2. The number of nitrogens with one attached hydrogen (secondary N) is 1. The van der Waals surface area contributed by atoms with Crippen LogP contribution in [-0.4, -0.2) is 65.7 Å². The van der Waals surface area contributed by atoms with Crippen molar-refractivity contribution in [3.8, 4) is 11.6 Å². The van der Waals surface area contributed by atoms with Crippen molar-refractivity contribution in [2.45, 2.75) is 19.9 Å². The first-order valence-electron chi connectivity index (χ1n) is 9.77. The highest BCUT2D eigenvalue weighted by atomic mass is 19.2. The Morgan fingerprint density at radius 1 is 1.19 bits per heavy atom. The summed E-state index contributed by atoms with van der Waals surface area (Å²) in [6.07, 6.45) is 1.31. The van der Waals surface area contributed by atoms with E-state index in [1.165, 1.54) is 12.4 Å². The number of esters is 1. The van der Waals surface area contributed by atoms with Gasteiger partial charge in [-0.25, -0.2) is 23.5 Å². The molecule has 0 spiro atoms. The van der Waals surface area contributed by atoms with E-state index in [0.717, 1.165) is 12.1 Å². The summed E-state index contributed by atoms with van der Waals surface area (Å²) in [4.78, 5) is 35.6. The van der Waals surface area contributed by atoms with Crippen LogP contribution in [0.4, 0.5) is 19.4 Å². The van der Waals surface area contributed by atoms with E-state index in [0.29, 0.717) is 25.5 Å². The van der Waals surface area contributed by atoms with Crippen LogP contribution < -0.4 is 15.0 Å². The lowest BCUT2D eigenvalue weighted by molar-refractivity contribution is -0.141. The Morgan fingerprint density at radius 2 is 2.00 bits per heavy atom. The quantitative estimate of drug-likeness (QED) is 0.696. The number of benzene rings is 1. The van der Waals surface area contributed by atoms with Gasteiger partial charge in [-0.3, -0.25) is 4.79 Å². The van der Waals surface area contributed by atoms with Crippen LogP contribution in [0.25, 0.3) is 0 Å². The van der Waals surface area contributed by atoms with Crippen molar-refractivity contribution in [3.05, 3.63) is 42.2 Å². The second-order valence-electron chi connectivity index (χ2n) is 6.84. The lowest BCUT2D eigenvalue weighted by Gasteiger charge is -2.40. The first-order valence-corrected chi connectivity index (χ1v) is 9.77. The Hall–Kier alpha value is -3.50. The Bertz CT molecular complexity index is 946. The molecule has 166 valence electrons. The van der Waals surface area contributed by atoms with E-state index < -0.39 is 17.6 Å². The standard InChI is InChI=1S/C20H23F2N5O4/c1-3-30-19(28)10-23-20(29)27-7-6-26(11-13(27)2)17-9-18(25-12-24-17)31-14-4-5-15(21)16(22)8-14/h4-5,8-9,12-13H,3,6-7,10-11H2,1-2H3,(H,23,29). The Morgan fingerprint density at radius 3 is 2.71 bits per heavy atom. The molecule has 1 N–H and O–H groups in total. The second kappa shape index (κ2) is 10.0. The van der Waals surface area contributed by atoms with Crippen molar-refractivity contribution in [3.63, 3.8) is 0 Å². The maximum atomic E-state index is 13.4. The minimum atomic E-state index is -1.02. The molecule has 9 nitrogen and oxygen atoms in total. The summed E-state index contributed by atoms with van der Waals surface area (Å²) in [6.45, 7) is 5.06. The topological polar surface area (TPSA) is 96.9 Å². The fraction of sp³-hybridized carbons (Fsp3) is 0.400. The smallest absolute Gasteiger partial charge is 0.325 e. The molecule has 2 aromatic rings. The monoisotopic (exact) mass is 435 g/mol. The van der Waals surface area contributed by atoms with Crippen molar-refractivity contribution in [2.24, 2.45) is 0 Å². The first-order chi connectivity index (χ1) is 14.9. The molecule has 2 heterocycles. The van der Waals surface area contributed by atoms with Crippen LogP contribution in [0.2, 0.25) is 0 Å². The molecule has 0 radical (unpaired) electrons. The predicted molar refractivity (Wildman–Crippen MR) is 107 cm³/mol. The third-order valence-electron chi connectivity index (χ3n) is 4.64. The first kappa shape index (κ1) is 22.2. The number of amides is 2. The normalized spacial score (nSPS) is 16.1. The van der Waals surface area contributed by atoms with Crippen molar-refractivity contribution < 1.29 is 27.8 Å². The van der Waals surface area contributed by atoms with Crippen molar-refractivity contribution in [2.75, 3.05) is 37.7 Å². The van der Waals surface area contributed by atoms with Crippen LogP contribution in [0.15, 0.2) is 30.6 Å². The molecule has 1 aliphatic heterocycles. The van der Waals surface area contributed by atoms with E-state index in [4.69, 9.17) is 9.47 Å². The summed E-state index contributed by atoms with van der Waals surface area (Å²) in [5, 5.41) is 2.56. The third-order valence-corrected chi connectivity index (χ3v) is 4.64. The maximum Gasteiger partial charge on any atom is 0.325 e. The zero-order valence-electron chi connectivity index (χ0n) is 17.2. The molecule has 1 fully saturated rings. The molecule has 1 saturated heterocycles. The highest BCUT2D eigenvalue weighted by Crippen LogP contribution is 2.25. The van der Waals surface area contributed by atoms with Gasteiger partial charge in [0, 0.05) is 37.8 Å². The summed E-state index contributed by atoms with van der Waals surface area (Å²) in [5.74, 6) is -1.60. The Labute approximate surface area is 178 Å². The number of hydrogen-bond acceptors (Lipinski definition) is 7. The van der Waals surface area contributed by atoms with E-state index in [-0.39, 0.29) is 36.9 Å². The van der Waals surface area contributed by atoms with Crippen molar-refractivity contribution in [1.29, 1.82) is 0 Å². The minimum Gasteiger partial charge on any atom is -0.465 e. The lowest BCUT2D eigenvalue weighted by atomic mass is 10.2. The molecule has 0 bridgehead atoms. The van der Waals surface area contributed by atoms with E-state index in [9.17, 15) is 18.4 Å². The molecule has 31 heavy (non-hydrogen) atoms. The van der Waals surface area contributed by atoms with Gasteiger partial charge in [0.25, 0.3) is 0 Å². The molecule has 11 heteroatoms. The number of ether oxygens (including phenoxy) is 2. The molecule has 1 unspecified atom stereocenters. The molecule has 1 atom stereocenters. The van der Waals surface area contributed by atoms with Gasteiger partial charge < -0.3 is 24.6 Å². The van der Waals surface area contributed by atoms with Gasteiger partial charge in [0.2, 0.25) is 5.88 Å². The van der Waals surface area contributed by atoms with Crippen LogP contribution in [0.3, 0.4) is 0 Å². The van der Waals surface area contributed by atoms with E-state index in [1.807, 2.05) is 11.8 Å². The van der Waals surface area contributed by atoms with Crippen molar-refractivity contribution in [1.82, 2.24) is 20.2 Å². The summed E-state index contributed by atoms with van der Waals surface area (Å²) < 4.78 is 36.8. The molecule has 2 amide bonds. The molecule has 3 rings (SSSR count). The summed E-state index contributed by atoms with van der Waals surface area (Å²) >= 11 is 0. The average molecular weight is 435 g/mol. The van der Waals surface area contributed by atoms with E-state index in [2.05, 4.69) is 15.3 Å². The van der Waals surface area contributed by atoms with Gasteiger partial charge in [-0.1, -0.05) is 0 Å². The fourth-order valence-electron chi connectivity index (χ4n) is 3.15. The highest BCUT2D eigenvalue weighted by molar-refractivity contribution is 5.81. The number of hydrogen-bond donors (Lipinski definition) is 1. The van der Waals surface area contributed by atoms with Gasteiger partial charge in [0.1, 0.15) is 24.4 Å². The number of halogens is 2. The van der Waals surface area contributed by atoms with Crippen LogP contribution in [0.5, 0.6) is 11.6 Å². The number of rotatable bonds is 6. The second-order valence-corrected chi connectivity index (χ2v) is 6.84. The van der Waals surface area contributed by atoms with Crippen LogP contribution in [0, 0.1) is 11.6 Å². The lowest BCUT2D eigenvalue weighted by Crippen LogP contribution is -2.57. The van der Waals surface area contributed by atoms with Crippen molar-refractivity contribution >= 4 is 17.8 Å². The summed E-state index contributed by atoms with van der Waals surface area (Å²) in [5.41, 5.74) is 0. The molecule has 1 aliphatic rings. The largest absolute Gasteiger partial charge is 0.465 e. The predicted octanol–water partition coefficient (Wildman–Crippen LogP) is 2.33. The average Bonchev–Trinajstić information content (AvgIpc) is 2.75. The molecule has 0 aliphatic carbocycles. The summed E-state index contributed by atoms with van der Waals surface area (Å²) in [7, 11) is 0. The number of carbonyl (C=O) groups excluding carboxylic acids is 2. The number of anilines is 1. The van der Waals surface area contributed by atoms with Gasteiger partial charge in [0.05, 0.1) is 6.61 Å². The van der Waals surface area contributed by atoms with Gasteiger partial charge in [0.15, 0.2) is 11.6 Å². The maximum absolute atomic E-state index is 13.4. The number of urea groups is 1. The number of nitrogens with zero attached hydrogens (tertiary/aromatic N) is 4.